The van der Waals surface area contributed by atoms with Gasteiger partial charge in [-0.2, -0.15) is 0 Å². The first-order chi connectivity index (χ1) is 8.08. The highest BCUT2D eigenvalue weighted by molar-refractivity contribution is 5.96. The van der Waals surface area contributed by atoms with Crippen molar-refractivity contribution < 1.29 is 9.90 Å². The van der Waals surface area contributed by atoms with Gasteiger partial charge in [-0.05, 0) is 36.2 Å². The zero-order valence-electron chi connectivity index (χ0n) is 9.47. The van der Waals surface area contributed by atoms with E-state index in [-0.39, 0.29) is 5.56 Å². The highest BCUT2D eigenvalue weighted by Crippen LogP contribution is 2.26. The van der Waals surface area contributed by atoms with Crippen molar-refractivity contribution in [3.63, 3.8) is 0 Å². The Morgan fingerprint density at radius 3 is 2.35 bits per heavy atom. The largest absolute Gasteiger partial charge is 0.478 e. The smallest absolute Gasteiger partial charge is 0.336 e. The molecule has 0 aliphatic rings. The first kappa shape index (κ1) is 11.2. The molecular weight excluding hydrogens is 214 g/mol. The van der Waals surface area contributed by atoms with E-state index in [9.17, 15) is 4.79 Å². The summed E-state index contributed by atoms with van der Waals surface area (Å²) in [5, 5.41) is 9.13. The Hall–Kier alpha value is -2.29. The number of aryl methyl sites for hydroxylation is 1. The Balaban J connectivity index is 2.60. The Bertz CT molecular complexity index is 559. The summed E-state index contributed by atoms with van der Waals surface area (Å²) in [6.07, 6.45) is 0. The average Bonchev–Trinajstić information content (AvgIpc) is 2.29. The summed E-state index contributed by atoms with van der Waals surface area (Å²) in [7, 11) is 0. The molecule has 2 aromatic carbocycles. The van der Waals surface area contributed by atoms with Crippen LogP contribution >= 0.6 is 0 Å². The molecule has 3 N–H and O–H groups in total. The van der Waals surface area contributed by atoms with E-state index >= 15 is 0 Å². The van der Waals surface area contributed by atoms with E-state index in [2.05, 4.69) is 0 Å². The Kier molecular flexibility index (Phi) is 2.83. The van der Waals surface area contributed by atoms with Gasteiger partial charge in [0.15, 0.2) is 0 Å². The molecule has 0 saturated heterocycles. The van der Waals surface area contributed by atoms with Crippen LogP contribution in [0.2, 0.25) is 0 Å². The molecule has 2 rings (SSSR count). The van der Waals surface area contributed by atoms with Crippen LogP contribution in [0, 0.1) is 6.92 Å². The number of nitrogens with two attached hydrogens (primary N) is 1. The Morgan fingerprint density at radius 1 is 1.12 bits per heavy atom. The maximum absolute atomic E-state index is 11.1. The van der Waals surface area contributed by atoms with Gasteiger partial charge in [-0.25, -0.2) is 4.79 Å². The third-order valence-corrected chi connectivity index (χ3v) is 2.64. The minimum atomic E-state index is -0.944. The third-order valence-electron chi connectivity index (χ3n) is 2.64. The van der Waals surface area contributed by atoms with Crippen LogP contribution in [0.4, 0.5) is 5.69 Å². The van der Waals surface area contributed by atoms with Crippen LogP contribution < -0.4 is 5.73 Å². The Morgan fingerprint density at radius 2 is 1.76 bits per heavy atom. The fourth-order valence-corrected chi connectivity index (χ4v) is 1.72. The highest BCUT2D eigenvalue weighted by Gasteiger charge is 2.11. The molecule has 0 aliphatic heterocycles. The minimum Gasteiger partial charge on any atom is -0.478 e. The lowest BCUT2D eigenvalue weighted by Crippen LogP contribution is -2.00. The normalized spacial score (nSPS) is 10.2. The van der Waals surface area contributed by atoms with Gasteiger partial charge in [-0.3, -0.25) is 0 Å². The second-order valence-corrected chi connectivity index (χ2v) is 3.98. The molecule has 0 saturated carbocycles. The molecule has 0 fully saturated rings. The minimum absolute atomic E-state index is 0.267. The van der Waals surface area contributed by atoms with Gasteiger partial charge in [0.2, 0.25) is 0 Å². The van der Waals surface area contributed by atoms with Crippen LogP contribution in [0.15, 0.2) is 42.5 Å². The fourth-order valence-electron chi connectivity index (χ4n) is 1.72. The topological polar surface area (TPSA) is 63.3 Å². The van der Waals surface area contributed by atoms with E-state index in [0.717, 1.165) is 11.1 Å². The van der Waals surface area contributed by atoms with Gasteiger partial charge in [0.05, 0.1) is 5.56 Å². The van der Waals surface area contributed by atoms with E-state index in [1.165, 1.54) is 6.07 Å². The summed E-state index contributed by atoms with van der Waals surface area (Å²) in [6.45, 7) is 1.99. The van der Waals surface area contributed by atoms with Gasteiger partial charge >= 0.3 is 5.97 Å². The molecule has 0 radical (unpaired) electrons. The van der Waals surface area contributed by atoms with Gasteiger partial charge in [-0.1, -0.05) is 29.8 Å². The van der Waals surface area contributed by atoms with Crippen molar-refractivity contribution in [3.05, 3.63) is 53.6 Å². The first-order valence-corrected chi connectivity index (χ1v) is 5.28. The molecule has 3 nitrogen and oxygen atoms in total. The number of carboxylic acids is 1. The second-order valence-electron chi connectivity index (χ2n) is 3.98. The monoisotopic (exact) mass is 227 g/mol. The van der Waals surface area contributed by atoms with Crippen molar-refractivity contribution in [2.24, 2.45) is 0 Å². The van der Waals surface area contributed by atoms with E-state index in [4.69, 9.17) is 10.8 Å². The van der Waals surface area contributed by atoms with Crippen molar-refractivity contribution in [1.29, 1.82) is 0 Å². The number of benzene rings is 2. The number of hydrogen-bond donors (Lipinski definition) is 2. The second kappa shape index (κ2) is 4.29. The number of carbonyl (C=O) groups is 1. The molecule has 0 unspecified atom stereocenters. The van der Waals surface area contributed by atoms with E-state index in [1.54, 1.807) is 12.1 Å². The van der Waals surface area contributed by atoms with Gasteiger partial charge in [0.1, 0.15) is 0 Å². The lowest BCUT2D eigenvalue weighted by atomic mass is 9.98. The van der Waals surface area contributed by atoms with Gasteiger partial charge in [-0.15, -0.1) is 0 Å². The number of nitrogen functional groups attached to an aromatic ring is 1. The molecule has 17 heavy (non-hydrogen) atoms. The van der Waals surface area contributed by atoms with Crippen molar-refractivity contribution in [1.82, 2.24) is 0 Å². The van der Waals surface area contributed by atoms with Crippen LogP contribution in [0.1, 0.15) is 15.9 Å². The van der Waals surface area contributed by atoms with Crippen LogP contribution in [0.25, 0.3) is 11.1 Å². The molecule has 0 bridgehead atoms. The number of carboxylic acid groups (broad SMARTS) is 1. The van der Waals surface area contributed by atoms with Crippen LogP contribution in [-0.4, -0.2) is 11.1 Å². The number of aromatic carboxylic acids is 1. The van der Waals surface area contributed by atoms with Crippen molar-refractivity contribution in [2.75, 3.05) is 5.73 Å². The van der Waals surface area contributed by atoms with E-state index in [1.807, 2.05) is 31.2 Å². The maximum Gasteiger partial charge on any atom is 0.336 e. The molecule has 0 aliphatic carbocycles. The summed E-state index contributed by atoms with van der Waals surface area (Å²) >= 11 is 0. The maximum atomic E-state index is 11.1. The average molecular weight is 227 g/mol. The van der Waals surface area contributed by atoms with Crippen molar-refractivity contribution >= 4 is 11.7 Å². The lowest BCUT2D eigenvalue weighted by molar-refractivity contribution is 0.0698. The third kappa shape index (κ3) is 2.28. The molecular formula is C14H13NO2. The van der Waals surface area contributed by atoms with Crippen LogP contribution in [0.3, 0.4) is 0 Å². The van der Waals surface area contributed by atoms with Gasteiger partial charge in [0.25, 0.3) is 0 Å². The van der Waals surface area contributed by atoms with Crippen LogP contribution in [-0.2, 0) is 0 Å². The molecule has 0 spiro atoms. The SMILES string of the molecule is Cc1ccc(-c2cc(N)ccc2C(=O)O)cc1. The zero-order chi connectivity index (χ0) is 12.4. The molecule has 0 atom stereocenters. The number of rotatable bonds is 2. The van der Waals surface area contributed by atoms with Gasteiger partial charge in [0, 0.05) is 5.69 Å². The molecule has 0 heterocycles. The number of hydrogen-bond acceptors (Lipinski definition) is 2. The summed E-state index contributed by atoms with van der Waals surface area (Å²) in [6, 6.07) is 12.5. The molecule has 86 valence electrons. The predicted octanol–water partition coefficient (Wildman–Crippen LogP) is 2.94. The number of anilines is 1. The molecule has 0 amide bonds. The van der Waals surface area contributed by atoms with E-state index in [0.29, 0.717) is 11.3 Å². The van der Waals surface area contributed by atoms with Crippen LogP contribution in [0.5, 0.6) is 0 Å². The fraction of sp³-hybridized carbons (Fsp3) is 0.0714. The van der Waals surface area contributed by atoms with Crippen molar-refractivity contribution in [3.8, 4) is 11.1 Å². The Labute approximate surface area is 99.5 Å². The molecule has 0 aromatic heterocycles. The molecule has 2 aromatic rings. The standard InChI is InChI=1S/C14H13NO2/c1-9-2-4-10(5-3-9)13-8-11(15)6-7-12(13)14(16)17/h2-8H,15H2,1H3,(H,16,17). The van der Waals surface area contributed by atoms with Gasteiger partial charge < -0.3 is 10.8 Å². The molecule has 3 heteroatoms. The highest BCUT2D eigenvalue weighted by atomic mass is 16.4. The quantitative estimate of drug-likeness (QED) is 0.775. The predicted molar refractivity (Wildman–Crippen MR) is 68.0 cm³/mol. The summed E-state index contributed by atoms with van der Waals surface area (Å²) < 4.78 is 0. The van der Waals surface area contributed by atoms with Crippen molar-refractivity contribution in [2.45, 2.75) is 6.92 Å². The summed E-state index contributed by atoms with van der Waals surface area (Å²) in [5.74, 6) is -0.944. The first-order valence-electron chi connectivity index (χ1n) is 5.28. The van der Waals surface area contributed by atoms with E-state index < -0.39 is 5.97 Å². The summed E-state index contributed by atoms with van der Waals surface area (Å²) in [5.41, 5.74) is 9.18. The lowest BCUT2D eigenvalue weighted by Gasteiger charge is -2.07. The summed E-state index contributed by atoms with van der Waals surface area (Å²) in [4.78, 5) is 11.1. The zero-order valence-corrected chi connectivity index (χ0v) is 9.47.